The lowest BCUT2D eigenvalue weighted by atomic mass is 10.1. The van der Waals surface area contributed by atoms with E-state index in [1.54, 1.807) is 14.2 Å². The van der Waals surface area contributed by atoms with Gasteiger partial charge in [-0.05, 0) is 12.1 Å². The van der Waals surface area contributed by atoms with E-state index in [2.05, 4.69) is 28.1 Å². The minimum absolute atomic E-state index is 0.628. The number of para-hydroxylation sites is 1. The van der Waals surface area contributed by atoms with Crippen LogP contribution in [0.5, 0.6) is 0 Å². The van der Waals surface area contributed by atoms with Gasteiger partial charge in [-0.1, -0.05) is 22.4 Å². The van der Waals surface area contributed by atoms with E-state index in [0.29, 0.717) is 17.1 Å². The normalized spacial score (nSPS) is 10.9. The van der Waals surface area contributed by atoms with E-state index in [4.69, 9.17) is 19.4 Å². The van der Waals surface area contributed by atoms with Crippen LogP contribution in [-0.4, -0.2) is 28.4 Å². The van der Waals surface area contributed by atoms with Crippen molar-refractivity contribution in [3.63, 3.8) is 0 Å². The molecule has 0 atom stereocenters. The van der Waals surface area contributed by atoms with Crippen molar-refractivity contribution in [1.29, 1.82) is 0 Å². The highest BCUT2D eigenvalue weighted by Crippen LogP contribution is 2.38. The number of hydrogen-bond donors (Lipinski definition) is 4. The van der Waals surface area contributed by atoms with Crippen LogP contribution in [0, 0.1) is 0 Å². The van der Waals surface area contributed by atoms with E-state index in [1.807, 2.05) is 35.0 Å². The smallest absolute Gasteiger partial charge is 0.250 e. The van der Waals surface area contributed by atoms with E-state index in [1.165, 1.54) is 14.2 Å². The van der Waals surface area contributed by atoms with Crippen LogP contribution in [0.25, 0.3) is 21.8 Å². The molecule has 0 unspecified atom stereocenters. The number of benzene rings is 2. The number of hydrogen-bond acceptors (Lipinski definition) is 8. The van der Waals surface area contributed by atoms with Crippen LogP contribution in [0.15, 0.2) is 36.4 Å². The SMILES string of the molecule is CONc1cc2c(cc3ccccc3[n+]2NOC)c(NOC)c1NOC. The predicted octanol–water partition coefficient (Wildman–Crippen LogP) is 2.31. The molecule has 0 aliphatic heterocycles. The van der Waals surface area contributed by atoms with Crippen LogP contribution < -0.4 is 26.7 Å². The summed E-state index contributed by atoms with van der Waals surface area (Å²) in [6.07, 6.45) is 0. The summed E-state index contributed by atoms with van der Waals surface area (Å²) in [6, 6.07) is 11.9. The van der Waals surface area contributed by atoms with Crippen LogP contribution in [0.4, 0.5) is 17.1 Å². The van der Waals surface area contributed by atoms with Crippen LogP contribution in [0.2, 0.25) is 0 Å². The number of rotatable bonds is 8. The molecule has 0 aliphatic carbocycles. The van der Waals surface area contributed by atoms with Gasteiger partial charge in [0.15, 0.2) is 0 Å². The van der Waals surface area contributed by atoms with Gasteiger partial charge in [0, 0.05) is 12.1 Å². The lowest BCUT2D eigenvalue weighted by Gasteiger charge is -2.18. The molecule has 138 valence electrons. The molecular formula is C17H22N5O4+. The van der Waals surface area contributed by atoms with Crippen molar-refractivity contribution in [2.45, 2.75) is 0 Å². The maximum atomic E-state index is 5.19. The van der Waals surface area contributed by atoms with Gasteiger partial charge in [-0.15, -0.1) is 0 Å². The Morgan fingerprint density at radius 3 is 2.12 bits per heavy atom. The molecule has 0 amide bonds. The Bertz CT molecular complexity index is 919. The molecule has 1 aromatic heterocycles. The molecule has 9 heteroatoms. The Kier molecular flexibility index (Phi) is 5.54. The third kappa shape index (κ3) is 3.16. The minimum atomic E-state index is 0.628. The van der Waals surface area contributed by atoms with Crippen molar-refractivity contribution in [1.82, 2.24) is 0 Å². The number of anilines is 3. The van der Waals surface area contributed by atoms with Crippen LogP contribution in [-0.2, 0) is 19.4 Å². The van der Waals surface area contributed by atoms with E-state index < -0.39 is 0 Å². The Morgan fingerprint density at radius 1 is 0.731 bits per heavy atom. The summed E-state index contributed by atoms with van der Waals surface area (Å²) >= 11 is 0. The van der Waals surface area contributed by atoms with Gasteiger partial charge in [0.05, 0.1) is 44.9 Å². The zero-order chi connectivity index (χ0) is 18.5. The summed E-state index contributed by atoms with van der Waals surface area (Å²) in [4.78, 5) is 20.6. The van der Waals surface area contributed by atoms with Crippen molar-refractivity contribution in [3.05, 3.63) is 36.4 Å². The highest BCUT2D eigenvalue weighted by molar-refractivity contribution is 6.05. The molecule has 0 radical (unpaired) electrons. The first kappa shape index (κ1) is 18.0. The largest absolute Gasteiger partial charge is 0.279 e. The number of nitrogens with zero attached hydrogens (tertiary/aromatic N) is 1. The first-order valence-electron chi connectivity index (χ1n) is 7.85. The van der Waals surface area contributed by atoms with Gasteiger partial charge >= 0.3 is 0 Å². The monoisotopic (exact) mass is 360 g/mol. The van der Waals surface area contributed by atoms with Gasteiger partial charge in [-0.2, -0.15) is 0 Å². The molecule has 3 aromatic rings. The molecule has 26 heavy (non-hydrogen) atoms. The number of aromatic nitrogens is 1. The average molecular weight is 360 g/mol. The number of nitrogens with one attached hydrogen (secondary N) is 4. The summed E-state index contributed by atoms with van der Waals surface area (Å²) < 4.78 is 1.84. The lowest BCUT2D eigenvalue weighted by molar-refractivity contribution is -0.628. The predicted molar refractivity (Wildman–Crippen MR) is 99.9 cm³/mol. The molecular weight excluding hydrogens is 338 g/mol. The second-order valence-corrected chi connectivity index (χ2v) is 5.36. The highest BCUT2D eigenvalue weighted by Gasteiger charge is 2.23. The van der Waals surface area contributed by atoms with E-state index >= 15 is 0 Å². The average Bonchev–Trinajstić information content (AvgIpc) is 2.65. The molecule has 0 fully saturated rings. The molecule has 0 spiro atoms. The molecule has 2 aromatic carbocycles. The summed E-state index contributed by atoms with van der Waals surface area (Å²) in [6.45, 7) is 0. The van der Waals surface area contributed by atoms with Crippen molar-refractivity contribution in [3.8, 4) is 0 Å². The number of fused-ring (bicyclic) bond motifs is 2. The molecule has 0 saturated heterocycles. The standard InChI is InChI=1S/C17H21N5O4/c1-23-18-13-10-15-12(16(19-24-2)17(13)20-25-3)9-11-7-5-6-8-14(11)22(15)21-26-4/h5-10,20-21H,1-4H3,(H,18,19)/p+1. The van der Waals surface area contributed by atoms with Gasteiger partial charge < -0.3 is 0 Å². The van der Waals surface area contributed by atoms with Gasteiger partial charge in [0.25, 0.3) is 0 Å². The summed E-state index contributed by atoms with van der Waals surface area (Å²) in [7, 11) is 6.17. The minimum Gasteiger partial charge on any atom is -0.279 e. The van der Waals surface area contributed by atoms with Crippen LogP contribution >= 0.6 is 0 Å². The summed E-state index contributed by atoms with van der Waals surface area (Å²) in [5, 5.41) is 1.89. The van der Waals surface area contributed by atoms with Crippen molar-refractivity contribution < 1.29 is 24.0 Å². The van der Waals surface area contributed by atoms with Gasteiger partial charge in [0.1, 0.15) is 11.4 Å². The first-order chi connectivity index (χ1) is 12.7. The van der Waals surface area contributed by atoms with Gasteiger partial charge in [-0.3, -0.25) is 31.0 Å². The quantitative estimate of drug-likeness (QED) is 0.276. The Labute approximate surface area is 150 Å². The fourth-order valence-corrected chi connectivity index (χ4v) is 2.91. The fraction of sp³-hybridized carbons (Fsp3) is 0.235. The zero-order valence-corrected chi connectivity index (χ0v) is 15.0. The Balaban J connectivity index is 2.44. The maximum absolute atomic E-state index is 5.19. The maximum Gasteiger partial charge on any atom is 0.250 e. The summed E-state index contributed by atoms with van der Waals surface area (Å²) in [5.74, 6) is 0. The fourth-order valence-electron chi connectivity index (χ4n) is 2.91. The zero-order valence-electron chi connectivity index (χ0n) is 15.0. The molecule has 9 nitrogen and oxygen atoms in total. The lowest BCUT2D eigenvalue weighted by Crippen LogP contribution is -2.46. The van der Waals surface area contributed by atoms with Crippen molar-refractivity contribution in [2.75, 3.05) is 50.5 Å². The van der Waals surface area contributed by atoms with Gasteiger partial charge in [-0.25, -0.2) is 4.84 Å². The van der Waals surface area contributed by atoms with Crippen LogP contribution in [0.1, 0.15) is 0 Å². The molecule has 1 heterocycles. The third-order valence-electron chi connectivity index (χ3n) is 3.87. The van der Waals surface area contributed by atoms with Crippen molar-refractivity contribution >= 4 is 38.9 Å². The third-order valence-corrected chi connectivity index (χ3v) is 3.87. The highest BCUT2D eigenvalue weighted by atomic mass is 16.7. The molecule has 0 saturated carbocycles. The Hall–Kier alpha value is -2.85. The van der Waals surface area contributed by atoms with E-state index in [-0.39, 0.29) is 0 Å². The molecule has 0 aliphatic rings. The molecule has 3 rings (SSSR count). The molecule has 4 N–H and O–H groups in total. The Morgan fingerprint density at radius 2 is 1.42 bits per heavy atom. The van der Waals surface area contributed by atoms with Crippen LogP contribution in [0.3, 0.4) is 0 Å². The number of pyridine rings is 1. The second-order valence-electron chi connectivity index (χ2n) is 5.36. The van der Waals surface area contributed by atoms with Gasteiger partial charge in [0.2, 0.25) is 11.0 Å². The first-order valence-corrected chi connectivity index (χ1v) is 7.85. The second kappa shape index (κ2) is 8.02. The summed E-state index contributed by atoms with van der Waals surface area (Å²) in [5.41, 5.74) is 15.2. The molecule has 0 bridgehead atoms. The topological polar surface area (TPSA) is 88.9 Å². The van der Waals surface area contributed by atoms with E-state index in [0.717, 1.165) is 21.8 Å². The van der Waals surface area contributed by atoms with Crippen molar-refractivity contribution in [2.24, 2.45) is 0 Å². The van der Waals surface area contributed by atoms with E-state index in [9.17, 15) is 0 Å².